The highest BCUT2D eigenvalue weighted by Gasteiger charge is 2.59. The standard InChI is InChI=1S/C36H54O3/c1-24(2)11-10-12-25(3)31-17-18-32-30-16-15-27-23-29(19-21-35(27,5)33(30)20-22-36(31,32)6)39-34(37)26(4)38-28-13-8-7-9-14-28/h7-9,13-15,24-26,29-33H,10-12,16-23H2,1-6H3/t25-,26+,29-,30+,31-,32+,33+,35-,36+/m0/s1. The van der Waals surface area contributed by atoms with Crippen LogP contribution < -0.4 is 4.74 Å². The summed E-state index contributed by atoms with van der Waals surface area (Å²) >= 11 is 0. The molecule has 0 amide bonds. The van der Waals surface area contributed by atoms with E-state index in [4.69, 9.17) is 9.47 Å². The molecule has 3 nitrogen and oxygen atoms in total. The molecule has 1 aromatic carbocycles. The van der Waals surface area contributed by atoms with Crippen LogP contribution in [0, 0.1) is 46.3 Å². The first-order valence-electron chi connectivity index (χ1n) is 16.2. The molecule has 3 heteroatoms. The summed E-state index contributed by atoms with van der Waals surface area (Å²) in [5.41, 5.74) is 2.38. The minimum Gasteiger partial charge on any atom is -0.479 e. The Morgan fingerprint density at radius 3 is 2.46 bits per heavy atom. The molecule has 0 aromatic heterocycles. The first kappa shape index (κ1) is 28.7. The van der Waals surface area contributed by atoms with Crippen molar-refractivity contribution >= 4 is 5.97 Å². The average molecular weight is 535 g/mol. The Labute approximate surface area is 238 Å². The lowest BCUT2D eigenvalue weighted by Crippen LogP contribution is -2.51. The highest BCUT2D eigenvalue weighted by atomic mass is 16.6. The lowest BCUT2D eigenvalue weighted by Gasteiger charge is -2.58. The third-order valence-electron chi connectivity index (χ3n) is 11.9. The van der Waals surface area contributed by atoms with Gasteiger partial charge in [0.25, 0.3) is 0 Å². The summed E-state index contributed by atoms with van der Waals surface area (Å²) in [6.07, 6.45) is 16.1. The van der Waals surface area contributed by atoms with Crippen LogP contribution in [-0.4, -0.2) is 18.2 Å². The van der Waals surface area contributed by atoms with Gasteiger partial charge in [0.15, 0.2) is 6.10 Å². The van der Waals surface area contributed by atoms with E-state index in [1.165, 1.54) is 51.4 Å². The van der Waals surface area contributed by atoms with Crippen molar-refractivity contribution in [2.75, 3.05) is 0 Å². The molecule has 9 atom stereocenters. The Hall–Kier alpha value is -1.77. The van der Waals surface area contributed by atoms with Gasteiger partial charge in [-0.25, -0.2) is 4.79 Å². The van der Waals surface area contributed by atoms with Crippen LogP contribution >= 0.6 is 0 Å². The number of carbonyl (C=O) groups excluding carboxylic acids is 1. The van der Waals surface area contributed by atoms with Gasteiger partial charge in [-0.3, -0.25) is 0 Å². The van der Waals surface area contributed by atoms with Gasteiger partial charge in [-0.1, -0.05) is 83.7 Å². The number of esters is 1. The zero-order valence-corrected chi connectivity index (χ0v) is 25.6. The third kappa shape index (κ3) is 5.71. The molecule has 0 unspecified atom stereocenters. The van der Waals surface area contributed by atoms with E-state index >= 15 is 0 Å². The monoisotopic (exact) mass is 534 g/mol. The van der Waals surface area contributed by atoms with E-state index in [-0.39, 0.29) is 17.5 Å². The van der Waals surface area contributed by atoms with Crippen LogP contribution in [-0.2, 0) is 9.53 Å². The van der Waals surface area contributed by atoms with E-state index in [0.29, 0.717) is 11.2 Å². The maximum Gasteiger partial charge on any atom is 0.347 e. The predicted molar refractivity (Wildman–Crippen MR) is 159 cm³/mol. The number of rotatable bonds is 9. The Kier molecular flexibility index (Phi) is 8.56. The van der Waals surface area contributed by atoms with E-state index in [1.807, 2.05) is 30.3 Å². The van der Waals surface area contributed by atoms with Crippen LogP contribution in [0.5, 0.6) is 5.75 Å². The molecule has 0 heterocycles. The molecule has 3 fully saturated rings. The maximum atomic E-state index is 12.9. The number of benzene rings is 1. The molecule has 5 rings (SSSR count). The molecular weight excluding hydrogens is 480 g/mol. The Bertz CT molecular complexity index is 1010. The first-order valence-corrected chi connectivity index (χ1v) is 16.2. The van der Waals surface area contributed by atoms with Crippen LogP contribution in [0.4, 0.5) is 0 Å². The van der Waals surface area contributed by atoms with Crippen molar-refractivity contribution in [3.05, 3.63) is 42.0 Å². The Morgan fingerprint density at radius 1 is 0.949 bits per heavy atom. The second-order valence-corrected chi connectivity index (χ2v) is 14.7. The highest BCUT2D eigenvalue weighted by molar-refractivity contribution is 5.74. The lowest BCUT2D eigenvalue weighted by molar-refractivity contribution is -0.159. The van der Waals surface area contributed by atoms with Gasteiger partial charge in [-0.2, -0.15) is 0 Å². The second-order valence-electron chi connectivity index (χ2n) is 14.7. The number of hydrogen-bond acceptors (Lipinski definition) is 3. The van der Waals surface area contributed by atoms with Gasteiger partial charge >= 0.3 is 5.97 Å². The third-order valence-corrected chi connectivity index (χ3v) is 11.9. The molecule has 0 aliphatic heterocycles. The van der Waals surface area contributed by atoms with E-state index in [1.54, 1.807) is 12.5 Å². The fraction of sp³-hybridized carbons (Fsp3) is 0.750. The maximum absolute atomic E-state index is 12.9. The number of carbonyl (C=O) groups is 1. The van der Waals surface area contributed by atoms with E-state index in [9.17, 15) is 4.79 Å². The van der Waals surface area contributed by atoms with E-state index in [0.717, 1.165) is 54.8 Å². The van der Waals surface area contributed by atoms with Crippen LogP contribution in [0.15, 0.2) is 42.0 Å². The first-order chi connectivity index (χ1) is 18.6. The van der Waals surface area contributed by atoms with Crippen molar-refractivity contribution in [3.63, 3.8) is 0 Å². The number of allylic oxidation sites excluding steroid dienone is 1. The molecule has 1 aromatic rings. The van der Waals surface area contributed by atoms with E-state index in [2.05, 4.69) is 40.7 Å². The highest BCUT2D eigenvalue weighted by Crippen LogP contribution is 2.67. The summed E-state index contributed by atoms with van der Waals surface area (Å²) in [6.45, 7) is 14.3. The van der Waals surface area contributed by atoms with Gasteiger partial charge in [0.05, 0.1) is 0 Å². The number of para-hydroxylation sites is 1. The van der Waals surface area contributed by atoms with Crippen molar-refractivity contribution in [1.29, 1.82) is 0 Å². The Balaban J connectivity index is 1.21. The van der Waals surface area contributed by atoms with Crippen LogP contribution in [0.2, 0.25) is 0 Å². The summed E-state index contributed by atoms with van der Waals surface area (Å²) in [5, 5.41) is 0. The Morgan fingerprint density at radius 2 is 1.72 bits per heavy atom. The van der Waals surface area contributed by atoms with Gasteiger partial charge in [-0.15, -0.1) is 0 Å². The predicted octanol–water partition coefficient (Wildman–Crippen LogP) is 9.41. The summed E-state index contributed by atoms with van der Waals surface area (Å²) in [4.78, 5) is 12.9. The largest absolute Gasteiger partial charge is 0.479 e. The molecule has 3 saturated carbocycles. The fourth-order valence-corrected chi connectivity index (χ4v) is 9.76. The van der Waals surface area contributed by atoms with Crippen LogP contribution in [0.25, 0.3) is 0 Å². The molecule has 4 aliphatic carbocycles. The summed E-state index contributed by atoms with van der Waals surface area (Å²) in [5.74, 6) is 5.58. The van der Waals surface area contributed by atoms with Crippen molar-refractivity contribution in [3.8, 4) is 5.75 Å². The topological polar surface area (TPSA) is 35.5 Å². The number of fused-ring (bicyclic) bond motifs is 5. The molecule has 216 valence electrons. The minimum absolute atomic E-state index is 0.0217. The second kappa shape index (κ2) is 11.6. The minimum atomic E-state index is -0.593. The molecule has 39 heavy (non-hydrogen) atoms. The van der Waals surface area contributed by atoms with Gasteiger partial charge < -0.3 is 9.47 Å². The molecular formula is C36H54O3. The average Bonchev–Trinajstić information content (AvgIpc) is 3.26. The van der Waals surface area contributed by atoms with Gasteiger partial charge in [0, 0.05) is 6.42 Å². The van der Waals surface area contributed by atoms with E-state index < -0.39 is 6.10 Å². The summed E-state index contributed by atoms with van der Waals surface area (Å²) < 4.78 is 11.9. The molecule has 4 aliphatic rings. The molecule has 0 N–H and O–H groups in total. The smallest absolute Gasteiger partial charge is 0.347 e. The molecule has 0 bridgehead atoms. The van der Waals surface area contributed by atoms with Gasteiger partial charge in [0.1, 0.15) is 11.9 Å². The van der Waals surface area contributed by atoms with Gasteiger partial charge in [-0.05, 0) is 110 Å². The van der Waals surface area contributed by atoms with Crippen molar-refractivity contribution in [2.45, 2.75) is 124 Å². The molecule has 0 radical (unpaired) electrons. The molecule has 0 spiro atoms. The SMILES string of the molecule is CC(C)CCC[C@H](C)[C@@H]1CC[C@@H]2[C@H]3CC=C4C[C@@H](OC(=O)[C@@H](C)Oc5ccccc5)CC[C@]4(C)[C@@H]3CC[C@@]21C. The lowest BCUT2D eigenvalue weighted by atomic mass is 9.47. The number of ether oxygens (including phenoxy) is 2. The zero-order valence-electron chi connectivity index (χ0n) is 25.6. The quantitative estimate of drug-likeness (QED) is 0.234. The van der Waals surface area contributed by atoms with Crippen LogP contribution in [0.3, 0.4) is 0 Å². The van der Waals surface area contributed by atoms with Crippen molar-refractivity contribution in [1.82, 2.24) is 0 Å². The van der Waals surface area contributed by atoms with Crippen molar-refractivity contribution in [2.24, 2.45) is 46.3 Å². The fourth-order valence-electron chi connectivity index (χ4n) is 9.76. The normalized spacial score (nSPS) is 37.2. The summed E-state index contributed by atoms with van der Waals surface area (Å²) in [7, 11) is 0. The van der Waals surface area contributed by atoms with Gasteiger partial charge in [0.2, 0.25) is 0 Å². The van der Waals surface area contributed by atoms with Crippen molar-refractivity contribution < 1.29 is 14.3 Å². The van der Waals surface area contributed by atoms with Crippen LogP contribution in [0.1, 0.15) is 112 Å². The molecule has 0 saturated heterocycles. The zero-order chi connectivity index (χ0) is 27.8. The number of hydrogen-bond donors (Lipinski definition) is 0. The summed E-state index contributed by atoms with van der Waals surface area (Å²) in [6, 6.07) is 9.56.